The minimum Gasteiger partial charge on any atom is -0.331 e. The van der Waals surface area contributed by atoms with Crippen molar-refractivity contribution in [3.8, 4) is 0 Å². The molecule has 1 saturated carbocycles. The number of hydrogen-bond acceptors (Lipinski definition) is 3. The summed E-state index contributed by atoms with van der Waals surface area (Å²) in [6.07, 6.45) is 9.83. The second-order valence-corrected chi connectivity index (χ2v) is 8.02. The monoisotopic (exact) mass is 302 g/mol. The van der Waals surface area contributed by atoms with E-state index < -0.39 is 0 Å². The van der Waals surface area contributed by atoms with Crippen LogP contribution in [0.25, 0.3) is 0 Å². The lowest BCUT2D eigenvalue weighted by Gasteiger charge is -2.36. The number of hydrogen-bond donors (Lipinski definition) is 0. The molecule has 4 rings (SSSR count). The Kier molecular flexibility index (Phi) is 3.18. The molecule has 21 heavy (non-hydrogen) atoms. The lowest BCUT2D eigenvalue weighted by Crippen LogP contribution is -2.44. The molecule has 112 valence electrons. The lowest BCUT2D eigenvalue weighted by atomic mass is 9.95. The standard InChI is InChI=1S/C17H22N2OS/c1-10-16(21-11(2)18-10)17(20)19-14-5-6-15(19)9-13(8-14)7-12-3-4-12/h7,12,14-15H,3-6,8-9H2,1-2H3. The van der Waals surface area contributed by atoms with Gasteiger partial charge in [0.2, 0.25) is 0 Å². The summed E-state index contributed by atoms with van der Waals surface area (Å²) in [6.45, 7) is 3.94. The Bertz CT molecular complexity index is 598. The minimum atomic E-state index is 0.232. The first-order chi connectivity index (χ1) is 10.1. The van der Waals surface area contributed by atoms with Crippen molar-refractivity contribution in [2.75, 3.05) is 0 Å². The summed E-state index contributed by atoms with van der Waals surface area (Å²) in [7, 11) is 0. The van der Waals surface area contributed by atoms with E-state index in [2.05, 4.69) is 16.0 Å². The van der Waals surface area contributed by atoms with Crippen molar-refractivity contribution in [3.63, 3.8) is 0 Å². The van der Waals surface area contributed by atoms with Crippen LogP contribution in [0.1, 0.15) is 58.9 Å². The fourth-order valence-corrected chi connectivity index (χ4v) is 4.83. The van der Waals surface area contributed by atoms with E-state index in [1.807, 2.05) is 13.8 Å². The van der Waals surface area contributed by atoms with Crippen LogP contribution < -0.4 is 0 Å². The van der Waals surface area contributed by atoms with E-state index in [1.54, 1.807) is 16.9 Å². The average Bonchev–Trinajstić information content (AvgIpc) is 3.12. The van der Waals surface area contributed by atoms with Crippen molar-refractivity contribution in [1.29, 1.82) is 0 Å². The third-order valence-electron chi connectivity index (χ3n) is 5.04. The summed E-state index contributed by atoms with van der Waals surface area (Å²) >= 11 is 1.55. The molecule has 3 nitrogen and oxygen atoms in total. The molecule has 1 aromatic heterocycles. The topological polar surface area (TPSA) is 33.2 Å². The molecule has 1 aromatic rings. The highest BCUT2D eigenvalue weighted by Gasteiger charge is 2.42. The van der Waals surface area contributed by atoms with Gasteiger partial charge in [0, 0.05) is 12.1 Å². The van der Waals surface area contributed by atoms with Crippen molar-refractivity contribution in [1.82, 2.24) is 9.88 Å². The molecule has 3 aliphatic rings. The Hall–Kier alpha value is -1.16. The quantitative estimate of drug-likeness (QED) is 0.777. The molecule has 0 radical (unpaired) electrons. The highest BCUT2D eigenvalue weighted by Crippen LogP contribution is 2.42. The van der Waals surface area contributed by atoms with Crippen LogP contribution in [0.2, 0.25) is 0 Å². The number of aromatic nitrogens is 1. The summed E-state index contributed by atoms with van der Waals surface area (Å²) < 4.78 is 0. The Morgan fingerprint density at radius 2 is 1.86 bits per heavy atom. The molecule has 2 aliphatic heterocycles. The largest absolute Gasteiger partial charge is 0.331 e. The maximum atomic E-state index is 12.9. The number of amides is 1. The molecule has 2 saturated heterocycles. The van der Waals surface area contributed by atoms with E-state index in [4.69, 9.17) is 0 Å². The smallest absolute Gasteiger partial charge is 0.266 e. The predicted molar refractivity (Wildman–Crippen MR) is 84.6 cm³/mol. The number of carbonyl (C=O) groups is 1. The Morgan fingerprint density at radius 1 is 1.19 bits per heavy atom. The van der Waals surface area contributed by atoms with E-state index in [1.165, 1.54) is 25.7 Å². The van der Waals surface area contributed by atoms with Gasteiger partial charge in [0.05, 0.1) is 10.7 Å². The number of nitrogens with zero attached hydrogens (tertiary/aromatic N) is 2. The first kappa shape index (κ1) is 13.5. The van der Waals surface area contributed by atoms with Gasteiger partial charge in [-0.05, 0) is 58.3 Å². The summed E-state index contributed by atoms with van der Waals surface area (Å²) in [5, 5.41) is 0.995. The van der Waals surface area contributed by atoms with Crippen molar-refractivity contribution in [2.24, 2.45) is 5.92 Å². The molecule has 2 atom stereocenters. The van der Waals surface area contributed by atoms with Gasteiger partial charge in [0.15, 0.2) is 0 Å². The number of rotatable bonds is 2. The van der Waals surface area contributed by atoms with E-state index in [0.29, 0.717) is 12.1 Å². The molecule has 2 unspecified atom stereocenters. The van der Waals surface area contributed by atoms with Crippen LogP contribution in [0.3, 0.4) is 0 Å². The van der Waals surface area contributed by atoms with Crippen LogP contribution in [0, 0.1) is 19.8 Å². The van der Waals surface area contributed by atoms with Crippen LogP contribution >= 0.6 is 11.3 Å². The third-order valence-corrected chi connectivity index (χ3v) is 6.10. The van der Waals surface area contributed by atoms with Crippen LogP contribution in [0.5, 0.6) is 0 Å². The van der Waals surface area contributed by atoms with Crippen LogP contribution in [-0.4, -0.2) is 27.9 Å². The van der Waals surface area contributed by atoms with Gasteiger partial charge < -0.3 is 4.90 Å². The van der Waals surface area contributed by atoms with Crippen molar-refractivity contribution >= 4 is 17.2 Å². The second kappa shape index (κ2) is 4.94. The number of allylic oxidation sites excluding steroid dienone is 1. The minimum absolute atomic E-state index is 0.232. The van der Waals surface area contributed by atoms with Crippen LogP contribution in [0.4, 0.5) is 0 Å². The molecule has 0 spiro atoms. The van der Waals surface area contributed by atoms with E-state index in [-0.39, 0.29) is 5.91 Å². The molecule has 0 N–H and O–H groups in total. The summed E-state index contributed by atoms with van der Waals surface area (Å²) in [5.41, 5.74) is 2.52. The van der Waals surface area contributed by atoms with Crippen molar-refractivity contribution < 1.29 is 4.79 Å². The van der Waals surface area contributed by atoms with Gasteiger partial charge in [-0.1, -0.05) is 11.6 Å². The van der Waals surface area contributed by atoms with E-state index in [9.17, 15) is 4.79 Å². The lowest BCUT2D eigenvalue weighted by molar-refractivity contribution is 0.0638. The number of fused-ring (bicyclic) bond motifs is 2. The number of thiazole rings is 1. The van der Waals surface area contributed by atoms with Gasteiger partial charge in [-0.25, -0.2) is 4.98 Å². The fraction of sp³-hybridized carbons (Fsp3) is 0.647. The molecule has 3 heterocycles. The predicted octanol–water partition coefficient (Wildman–Crippen LogP) is 3.86. The van der Waals surface area contributed by atoms with Gasteiger partial charge in [0.25, 0.3) is 5.91 Å². The Balaban J connectivity index is 1.56. The molecular formula is C17H22N2OS. The zero-order valence-corrected chi connectivity index (χ0v) is 13.6. The molecule has 1 aliphatic carbocycles. The molecular weight excluding hydrogens is 280 g/mol. The average molecular weight is 302 g/mol. The third kappa shape index (κ3) is 2.44. The zero-order chi connectivity index (χ0) is 14.6. The number of aryl methyl sites for hydroxylation is 2. The van der Waals surface area contributed by atoms with E-state index in [0.717, 1.165) is 34.3 Å². The zero-order valence-electron chi connectivity index (χ0n) is 12.8. The maximum absolute atomic E-state index is 12.9. The summed E-state index contributed by atoms with van der Waals surface area (Å²) in [4.78, 5) is 20.4. The second-order valence-electron chi connectivity index (χ2n) is 6.82. The summed E-state index contributed by atoms with van der Waals surface area (Å²) in [5.74, 6) is 1.09. The van der Waals surface area contributed by atoms with Gasteiger partial charge >= 0.3 is 0 Å². The Labute approximate surface area is 130 Å². The molecule has 0 aromatic carbocycles. The highest BCUT2D eigenvalue weighted by atomic mass is 32.1. The van der Waals surface area contributed by atoms with Crippen molar-refractivity contribution in [2.45, 2.75) is 64.5 Å². The molecule has 4 heteroatoms. The fourth-order valence-electron chi connectivity index (χ4n) is 3.96. The van der Waals surface area contributed by atoms with Crippen LogP contribution in [0.15, 0.2) is 11.6 Å². The molecule has 1 amide bonds. The molecule has 2 bridgehead atoms. The van der Waals surface area contributed by atoms with Crippen LogP contribution in [-0.2, 0) is 0 Å². The Morgan fingerprint density at radius 3 is 2.38 bits per heavy atom. The maximum Gasteiger partial charge on any atom is 0.266 e. The van der Waals surface area contributed by atoms with Gasteiger partial charge in [-0.2, -0.15) is 0 Å². The van der Waals surface area contributed by atoms with Gasteiger partial charge in [-0.3, -0.25) is 4.79 Å². The summed E-state index contributed by atoms with van der Waals surface area (Å²) in [6, 6.07) is 0.867. The molecule has 3 fully saturated rings. The first-order valence-electron chi connectivity index (χ1n) is 8.08. The normalized spacial score (nSPS) is 28.1. The van der Waals surface area contributed by atoms with E-state index >= 15 is 0 Å². The van der Waals surface area contributed by atoms with Gasteiger partial charge in [0.1, 0.15) is 4.88 Å². The number of piperidine rings is 1. The SMILES string of the molecule is Cc1nc(C)c(C(=O)N2C3CCC2CC(=CC2CC2)C3)s1. The highest BCUT2D eigenvalue weighted by molar-refractivity contribution is 7.13. The van der Waals surface area contributed by atoms with Gasteiger partial charge in [-0.15, -0.1) is 11.3 Å². The first-order valence-corrected chi connectivity index (χ1v) is 8.89. The van der Waals surface area contributed by atoms with Crippen molar-refractivity contribution in [3.05, 3.63) is 27.2 Å². The number of carbonyl (C=O) groups excluding carboxylic acids is 1.